The second-order valence-electron chi connectivity index (χ2n) is 9.15. The van der Waals surface area contributed by atoms with Crippen LogP contribution in [0.2, 0.25) is 0 Å². The van der Waals surface area contributed by atoms with Crippen molar-refractivity contribution in [2.75, 3.05) is 0 Å². The van der Waals surface area contributed by atoms with Gasteiger partial charge in [0.05, 0.1) is 0 Å². The van der Waals surface area contributed by atoms with Gasteiger partial charge in [-0.05, 0) is 76.5 Å². The van der Waals surface area contributed by atoms with Gasteiger partial charge in [0.2, 0.25) is 0 Å². The molecule has 26 heavy (non-hydrogen) atoms. The first-order valence-electron chi connectivity index (χ1n) is 9.48. The minimum atomic E-state index is 0.185. The maximum absolute atomic E-state index is 11.1. The molecule has 2 aromatic rings. The molecule has 0 spiro atoms. The van der Waals surface area contributed by atoms with Gasteiger partial charge in [0.15, 0.2) is 0 Å². The van der Waals surface area contributed by atoms with Gasteiger partial charge in [-0.1, -0.05) is 64.6 Å². The Hall–Kier alpha value is -2.15. The van der Waals surface area contributed by atoms with Crippen molar-refractivity contribution in [1.29, 1.82) is 0 Å². The molecule has 1 aliphatic rings. The van der Waals surface area contributed by atoms with Crippen LogP contribution in [0.1, 0.15) is 84.3 Å². The summed E-state index contributed by atoms with van der Waals surface area (Å²) in [5.74, 6) is 0. The minimum absolute atomic E-state index is 0.185. The molecule has 0 radical (unpaired) electrons. The van der Waals surface area contributed by atoms with E-state index in [4.69, 9.17) is 0 Å². The monoisotopic (exact) mass is 346 g/mol. The van der Waals surface area contributed by atoms with Crippen LogP contribution >= 0.6 is 0 Å². The fourth-order valence-electron chi connectivity index (χ4n) is 4.20. The molecule has 0 saturated carbocycles. The van der Waals surface area contributed by atoms with E-state index in [0.717, 1.165) is 28.5 Å². The van der Waals surface area contributed by atoms with Gasteiger partial charge in [0.1, 0.15) is 6.29 Å². The summed E-state index contributed by atoms with van der Waals surface area (Å²) in [4.78, 5) is 11.1. The van der Waals surface area contributed by atoms with E-state index in [2.05, 4.69) is 59.4 Å². The summed E-state index contributed by atoms with van der Waals surface area (Å²) in [6, 6.07) is 10.7. The molecule has 1 nitrogen and oxygen atoms in total. The average molecular weight is 347 g/mol. The fourth-order valence-corrected chi connectivity index (χ4v) is 4.20. The highest BCUT2D eigenvalue weighted by Crippen LogP contribution is 2.47. The topological polar surface area (TPSA) is 17.1 Å². The van der Waals surface area contributed by atoms with Crippen LogP contribution in [0.15, 0.2) is 36.9 Å². The highest BCUT2D eigenvalue weighted by atomic mass is 16.1. The Morgan fingerprint density at radius 3 is 2.04 bits per heavy atom. The second-order valence-corrected chi connectivity index (χ2v) is 9.15. The highest BCUT2D eigenvalue weighted by Gasteiger charge is 2.37. The summed E-state index contributed by atoms with van der Waals surface area (Å²) in [5, 5.41) is 0. The Bertz CT molecular complexity index is 897. The number of aldehydes is 1. The summed E-state index contributed by atoms with van der Waals surface area (Å²) >= 11 is 0. The van der Waals surface area contributed by atoms with E-state index in [-0.39, 0.29) is 10.8 Å². The molecule has 1 heteroatoms. The third kappa shape index (κ3) is 3.05. The second kappa shape index (κ2) is 6.23. The molecule has 0 aromatic heterocycles. The minimum Gasteiger partial charge on any atom is -0.298 e. The van der Waals surface area contributed by atoms with Gasteiger partial charge in [0.25, 0.3) is 0 Å². The summed E-state index contributed by atoms with van der Waals surface area (Å²) in [5.41, 5.74) is 9.69. The Kier molecular flexibility index (Phi) is 4.46. The zero-order valence-electron chi connectivity index (χ0n) is 17.0. The third-order valence-electron chi connectivity index (χ3n) is 6.27. The summed E-state index contributed by atoms with van der Waals surface area (Å²) in [6.07, 6.45) is 3.34. The van der Waals surface area contributed by atoms with E-state index in [1.165, 1.54) is 35.1 Å². The fraction of sp³-hybridized carbons (Fsp3) is 0.400. The number of carbonyl (C=O) groups is 1. The number of fused-ring (bicyclic) bond motifs is 1. The van der Waals surface area contributed by atoms with Gasteiger partial charge in [-0.15, -0.1) is 0 Å². The van der Waals surface area contributed by atoms with Crippen LogP contribution in [0.4, 0.5) is 0 Å². The first-order valence-corrected chi connectivity index (χ1v) is 9.48. The number of hydrogen-bond acceptors (Lipinski definition) is 1. The molecule has 2 aromatic carbocycles. The Morgan fingerprint density at radius 2 is 1.50 bits per heavy atom. The predicted octanol–water partition coefficient (Wildman–Crippen LogP) is 6.53. The summed E-state index contributed by atoms with van der Waals surface area (Å²) in [6.45, 7) is 18.0. The van der Waals surface area contributed by atoms with Gasteiger partial charge >= 0.3 is 0 Å². The van der Waals surface area contributed by atoms with Crippen LogP contribution in [0, 0.1) is 13.8 Å². The number of carbonyl (C=O) groups excluding carboxylic acids is 1. The van der Waals surface area contributed by atoms with Crippen molar-refractivity contribution < 1.29 is 4.79 Å². The van der Waals surface area contributed by atoms with Crippen molar-refractivity contribution >= 4 is 11.9 Å². The molecule has 0 saturated heterocycles. The predicted molar refractivity (Wildman–Crippen MR) is 111 cm³/mol. The molecule has 0 fully saturated rings. The smallest absolute Gasteiger partial charge is 0.150 e. The molecule has 0 bridgehead atoms. The van der Waals surface area contributed by atoms with Crippen LogP contribution in [0.3, 0.4) is 0 Å². The number of aryl methyl sites for hydroxylation is 2. The van der Waals surface area contributed by atoms with Crippen molar-refractivity contribution in [3.63, 3.8) is 0 Å². The lowest BCUT2D eigenvalue weighted by molar-refractivity contribution is 0.112. The Morgan fingerprint density at radius 1 is 0.923 bits per heavy atom. The van der Waals surface area contributed by atoms with E-state index in [9.17, 15) is 4.79 Å². The lowest BCUT2D eigenvalue weighted by Crippen LogP contribution is -2.34. The van der Waals surface area contributed by atoms with Crippen molar-refractivity contribution in [1.82, 2.24) is 0 Å². The zero-order chi connectivity index (χ0) is 19.3. The molecule has 0 aliphatic heterocycles. The van der Waals surface area contributed by atoms with Gasteiger partial charge in [-0.2, -0.15) is 0 Å². The van der Waals surface area contributed by atoms with E-state index in [1.54, 1.807) is 0 Å². The first kappa shape index (κ1) is 18.6. The quantitative estimate of drug-likeness (QED) is 0.578. The van der Waals surface area contributed by atoms with Crippen molar-refractivity contribution in [2.45, 2.75) is 65.2 Å². The van der Waals surface area contributed by atoms with Crippen LogP contribution in [-0.2, 0) is 10.8 Å². The van der Waals surface area contributed by atoms with E-state index < -0.39 is 0 Å². The first-order chi connectivity index (χ1) is 12.1. The molecule has 1 aliphatic carbocycles. The largest absolute Gasteiger partial charge is 0.298 e. The molecular formula is C25H30O. The Labute approximate surface area is 158 Å². The molecule has 0 unspecified atom stereocenters. The van der Waals surface area contributed by atoms with Gasteiger partial charge in [-0.25, -0.2) is 0 Å². The van der Waals surface area contributed by atoms with E-state index in [0.29, 0.717) is 0 Å². The highest BCUT2D eigenvalue weighted by molar-refractivity contribution is 5.84. The normalized spacial score (nSPS) is 17.5. The molecule has 0 heterocycles. The summed E-state index contributed by atoms with van der Waals surface area (Å²) < 4.78 is 0. The summed E-state index contributed by atoms with van der Waals surface area (Å²) in [7, 11) is 0. The van der Waals surface area contributed by atoms with Gasteiger partial charge in [-0.3, -0.25) is 4.79 Å². The van der Waals surface area contributed by atoms with Crippen LogP contribution in [0.5, 0.6) is 0 Å². The molecule has 0 N–H and O–H groups in total. The lowest BCUT2D eigenvalue weighted by atomic mass is 9.62. The standard InChI is InChI=1S/C25H30O/c1-16-12-19(8-9-20(16)15-26)18(3)21-14-23-22(13-17(21)2)24(4,5)10-11-25(23,6)7/h8-9,12-15H,3,10-11H2,1-2,4-7H3. The molecule has 136 valence electrons. The van der Waals surface area contributed by atoms with E-state index in [1.807, 2.05) is 19.1 Å². The lowest BCUT2D eigenvalue weighted by Gasteiger charge is -2.42. The zero-order valence-corrected chi connectivity index (χ0v) is 17.0. The maximum atomic E-state index is 11.1. The number of benzene rings is 2. The van der Waals surface area contributed by atoms with Crippen molar-refractivity contribution in [3.05, 3.63) is 75.9 Å². The van der Waals surface area contributed by atoms with Crippen molar-refractivity contribution in [2.24, 2.45) is 0 Å². The average Bonchev–Trinajstić information content (AvgIpc) is 2.58. The third-order valence-corrected chi connectivity index (χ3v) is 6.27. The van der Waals surface area contributed by atoms with Crippen LogP contribution < -0.4 is 0 Å². The van der Waals surface area contributed by atoms with Gasteiger partial charge in [0, 0.05) is 5.56 Å². The van der Waals surface area contributed by atoms with Crippen molar-refractivity contribution in [3.8, 4) is 0 Å². The SMILES string of the molecule is C=C(c1ccc(C=O)c(C)c1)c1cc2c(cc1C)C(C)(C)CCC2(C)C. The number of hydrogen-bond donors (Lipinski definition) is 0. The van der Waals surface area contributed by atoms with Crippen LogP contribution in [-0.4, -0.2) is 6.29 Å². The number of rotatable bonds is 3. The maximum Gasteiger partial charge on any atom is 0.150 e. The molecule has 3 rings (SSSR count). The molecule has 0 amide bonds. The molecular weight excluding hydrogens is 316 g/mol. The Balaban J connectivity index is 2.13. The van der Waals surface area contributed by atoms with Gasteiger partial charge < -0.3 is 0 Å². The molecule has 0 atom stereocenters. The van der Waals surface area contributed by atoms with E-state index >= 15 is 0 Å². The van der Waals surface area contributed by atoms with Crippen LogP contribution in [0.25, 0.3) is 5.57 Å².